The summed E-state index contributed by atoms with van der Waals surface area (Å²) in [5, 5.41) is 3.01. The van der Waals surface area contributed by atoms with Gasteiger partial charge in [-0.3, -0.25) is 14.5 Å². The minimum atomic E-state index is -1.20. The van der Waals surface area contributed by atoms with Crippen LogP contribution in [0, 0.1) is 13.8 Å². The molecular weight excluding hydrogens is 362 g/mol. The van der Waals surface area contributed by atoms with Crippen LogP contribution in [0.5, 0.6) is 0 Å². The molecule has 5 heteroatoms. The summed E-state index contributed by atoms with van der Waals surface area (Å²) in [7, 11) is 0. The molecule has 2 aromatic carbocycles. The maximum atomic E-state index is 13.6. The number of hydrogen-bond acceptors (Lipinski definition) is 2. The van der Waals surface area contributed by atoms with Crippen molar-refractivity contribution in [1.82, 2.24) is 0 Å². The largest absolute Gasteiger partial charge is 0.324 e. The van der Waals surface area contributed by atoms with Gasteiger partial charge in [0.2, 0.25) is 17.8 Å². The van der Waals surface area contributed by atoms with E-state index in [1.54, 1.807) is 11.8 Å². The number of carbonyl (C=O) groups is 2. The molecule has 0 aliphatic carbocycles. The van der Waals surface area contributed by atoms with Gasteiger partial charge in [0.25, 0.3) is 11.8 Å². The van der Waals surface area contributed by atoms with Gasteiger partial charge in [0.15, 0.2) is 6.20 Å². The number of rotatable bonds is 3. The second kappa shape index (κ2) is 7.17. The van der Waals surface area contributed by atoms with Crippen molar-refractivity contribution in [2.75, 3.05) is 10.2 Å². The van der Waals surface area contributed by atoms with Gasteiger partial charge in [0.05, 0.1) is 0 Å². The highest BCUT2D eigenvalue weighted by Crippen LogP contribution is 2.35. The lowest BCUT2D eigenvalue weighted by atomic mass is 9.89. The lowest BCUT2D eigenvalue weighted by molar-refractivity contribution is -0.697. The number of carbonyl (C=O) groups excluding carboxylic acids is 2. The van der Waals surface area contributed by atoms with Crippen molar-refractivity contribution < 1.29 is 14.2 Å². The van der Waals surface area contributed by atoms with Crippen LogP contribution in [0.3, 0.4) is 0 Å². The number of anilines is 2. The molecule has 0 saturated heterocycles. The van der Waals surface area contributed by atoms with Crippen LogP contribution >= 0.6 is 0 Å². The average Bonchev–Trinajstić information content (AvgIpc) is 2.71. The Balaban J connectivity index is 1.83. The number of aryl methyl sites for hydroxylation is 2. The van der Waals surface area contributed by atoms with Crippen molar-refractivity contribution in [1.29, 1.82) is 0 Å². The molecule has 29 heavy (non-hydrogen) atoms. The van der Waals surface area contributed by atoms with Gasteiger partial charge < -0.3 is 5.32 Å². The number of pyridine rings is 1. The highest BCUT2D eigenvalue weighted by molar-refractivity contribution is 6.08. The zero-order valence-corrected chi connectivity index (χ0v) is 16.8. The number of amides is 2. The van der Waals surface area contributed by atoms with Crippen molar-refractivity contribution in [2.45, 2.75) is 32.9 Å². The summed E-state index contributed by atoms with van der Waals surface area (Å²) in [5.74, 6) is -0.381. The molecule has 2 heterocycles. The van der Waals surface area contributed by atoms with Gasteiger partial charge in [-0.25, -0.2) is 0 Å². The lowest BCUT2D eigenvalue weighted by Crippen LogP contribution is -2.67. The van der Waals surface area contributed by atoms with Crippen LogP contribution in [-0.4, -0.2) is 11.8 Å². The maximum absolute atomic E-state index is 13.6. The highest BCUT2D eigenvalue weighted by Gasteiger charge is 2.54. The van der Waals surface area contributed by atoms with E-state index < -0.39 is 5.54 Å². The number of nitrogens with zero attached hydrogens (tertiary/aromatic N) is 2. The van der Waals surface area contributed by atoms with Crippen LogP contribution in [0.4, 0.5) is 11.4 Å². The molecule has 0 unspecified atom stereocenters. The molecule has 1 aliphatic rings. The third-order valence-electron chi connectivity index (χ3n) is 5.49. The van der Waals surface area contributed by atoms with E-state index in [0.717, 1.165) is 16.8 Å². The predicted octanol–water partition coefficient (Wildman–Crippen LogP) is 3.49. The Morgan fingerprint density at radius 2 is 1.59 bits per heavy atom. The van der Waals surface area contributed by atoms with E-state index in [4.69, 9.17) is 0 Å². The van der Waals surface area contributed by atoms with Crippen LogP contribution < -0.4 is 14.8 Å². The summed E-state index contributed by atoms with van der Waals surface area (Å²) in [6, 6.07) is 21.0. The van der Waals surface area contributed by atoms with Crippen LogP contribution in [0.15, 0.2) is 72.9 Å². The number of fused-ring (bicyclic) bond motifs is 1. The van der Waals surface area contributed by atoms with E-state index in [1.165, 1.54) is 0 Å². The Hall–Kier alpha value is -3.47. The minimum absolute atomic E-state index is 0.126. The number of hydrogen-bond donors (Lipinski definition) is 1. The van der Waals surface area contributed by atoms with Crippen LogP contribution in [0.25, 0.3) is 0 Å². The van der Waals surface area contributed by atoms with E-state index in [9.17, 15) is 9.59 Å². The van der Waals surface area contributed by atoms with Gasteiger partial charge in [-0.15, -0.1) is 0 Å². The zero-order chi connectivity index (χ0) is 20.6. The molecule has 0 radical (unpaired) electrons. The first-order chi connectivity index (χ1) is 13.9. The molecule has 1 aromatic heterocycles. The summed E-state index contributed by atoms with van der Waals surface area (Å²) in [5.41, 5.74) is 3.19. The van der Waals surface area contributed by atoms with Crippen molar-refractivity contribution in [3.8, 4) is 0 Å². The SMILES string of the molecule is Cc1ccc(NC(=O)[C@@]2(C)c3cccc[n+]3CC(=O)N2c2ccc(C)cc2)cc1. The Morgan fingerprint density at radius 3 is 2.24 bits per heavy atom. The monoisotopic (exact) mass is 386 g/mol. The van der Waals surface area contributed by atoms with Crippen molar-refractivity contribution in [2.24, 2.45) is 0 Å². The van der Waals surface area contributed by atoms with Gasteiger partial charge >= 0.3 is 0 Å². The number of aromatic nitrogens is 1. The van der Waals surface area contributed by atoms with E-state index >= 15 is 0 Å². The second-order valence-electron chi connectivity index (χ2n) is 7.67. The first-order valence-corrected chi connectivity index (χ1v) is 9.66. The highest BCUT2D eigenvalue weighted by atomic mass is 16.2. The lowest BCUT2D eigenvalue weighted by Gasteiger charge is -2.40. The molecule has 1 aliphatic heterocycles. The number of nitrogens with one attached hydrogen (secondary N) is 1. The normalized spacial score (nSPS) is 18.3. The van der Waals surface area contributed by atoms with Crippen LogP contribution in [0.2, 0.25) is 0 Å². The molecule has 4 rings (SSSR count). The fraction of sp³-hybridized carbons (Fsp3) is 0.208. The summed E-state index contributed by atoms with van der Waals surface area (Å²) in [6.07, 6.45) is 1.84. The smallest absolute Gasteiger partial charge is 0.294 e. The minimum Gasteiger partial charge on any atom is -0.324 e. The zero-order valence-electron chi connectivity index (χ0n) is 16.8. The second-order valence-corrected chi connectivity index (χ2v) is 7.67. The fourth-order valence-corrected chi connectivity index (χ4v) is 3.84. The van der Waals surface area contributed by atoms with E-state index in [2.05, 4.69) is 5.32 Å². The quantitative estimate of drug-likeness (QED) is 0.701. The third kappa shape index (κ3) is 3.29. The molecule has 1 N–H and O–H groups in total. The van der Waals surface area contributed by atoms with Gasteiger partial charge in [0, 0.05) is 23.5 Å². The topological polar surface area (TPSA) is 53.3 Å². The standard InChI is InChI=1S/C24H23N3O2/c1-17-7-11-19(12-8-17)25-23(29)24(3)21-6-4-5-15-26(21)16-22(28)27(24)20-13-9-18(2)10-14-20/h4-15H,16H2,1-3H3/p+1/t24-/m1/s1. The van der Waals surface area contributed by atoms with E-state index in [1.807, 2.05) is 91.3 Å². The molecular formula is C24H24N3O2+. The summed E-state index contributed by atoms with van der Waals surface area (Å²) < 4.78 is 1.85. The Kier molecular flexibility index (Phi) is 4.66. The van der Waals surface area contributed by atoms with Gasteiger partial charge in [-0.2, -0.15) is 4.57 Å². The number of benzene rings is 2. The molecule has 5 nitrogen and oxygen atoms in total. The molecule has 0 saturated carbocycles. The van der Waals surface area contributed by atoms with Crippen LogP contribution in [-0.2, 0) is 21.7 Å². The van der Waals surface area contributed by atoms with Crippen molar-refractivity contribution in [3.63, 3.8) is 0 Å². The molecule has 0 fully saturated rings. The van der Waals surface area contributed by atoms with Crippen molar-refractivity contribution >= 4 is 23.2 Å². The van der Waals surface area contributed by atoms with E-state index in [-0.39, 0.29) is 18.4 Å². The first kappa shape index (κ1) is 18.9. The Bertz CT molecular complexity index is 1070. The van der Waals surface area contributed by atoms with E-state index in [0.29, 0.717) is 11.4 Å². The Morgan fingerprint density at radius 1 is 0.966 bits per heavy atom. The maximum Gasteiger partial charge on any atom is 0.294 e. The van der Waals surface area contributed by atoms with Gasteiger partial charge in [-0.1, -0.05) is 41.5 Å². The fourth-order valence-electron chi connectivity index (χ4n) is 3.84. The summed E-state index contributed by atoms with van der Waals surface area (Å²) in [6.45, 7) is 5.99. The molecule has 0 spiro atoms. The Labute approximate surface area is 170 Å². The molecule has 3 aromatic rings. The van der Waals surface area contributed by atoms with Gasteiger partial charge in [-0.05, 0) is 45.0 Å². The molecule has 146 valence electrons. The first-order valence-electron chi connectivity index (χ1n) is 9.66. The third-order valence-corrected chi connectivity index (χ3v) is 5.49. The predicted molar refractivity (Wildman–Crippen MR) is 112 cm³/mol. The summed E-state index contributed by atoms with van der Waals surface area (Å²) in [4.78, 5) is 28.4. The van der Waals surface area contributed by atoms with Crippen LogP contribution in [0.1, 0.15) is 23.7 Å². The molecule has 0 bridgehead atoms. The molecule has 2 amide bonds. The average molecular weight is 386 g/mol. The van der Waals surface area contributed by atoms with Gasteiger partial charge in [0.1, 0.15) is 0 Å². The molecule has 1 atom stereocenters. The summed E-state index contributed by atoms with van der Waals surface area (Å²) >= 11 is 0. The van der Waals surface area contributed by atoms with Crippen molar-refractivity contribution in [3.05, 3.63) is 89.7 Å².